The summed E-state index contributed by atoms with van der Waals surface area (Å²) in [6.45, 7) is -0.316. The molecule has 1 aliphatic heterocycles. The fourth-order valence-corrected chi connectivity index (χ4v) is 3.04. The van der Waals surface area contributed by atoms with Gasteiger partial charge in [-0.1, -0.05) is 6.07 Å². The summed E-state index contributed by atoms with van der Waals surface area (Å²) in [5, 5.41) is 0. The molecule has 21 heavy (non-hydrogen) atoms. The van der Waals surface area contributed by atoms with Crippen molar-refractivity contribution < 1.29 is 26.4 Å². The molecule has 0 saturated heterocycles. The zero-order valence-electron chi connectivity index (χ0n) is 10.7. The number of nitrogens with zero attached hydrogens (tertiary/aromatic N) is 1. The number of aryl methyl sites for hydroxylation is 1. The predicted octanol–water partition coefficient (Wildman–Crippen LogP) is 2.45. The topological polar surface area (TPSA) is 54.5 Å². The average Bonchev–Trinajstić information content (AvgIpc) is 2.56. The Morgan fingerprint density at radius 3 is 2.48 bits per heavy atom. The third-order valence-corrected chi connectivity index (χ3v) is 4.58. The monoisotopic (exact) mass is 341 g/mol. The quantitative estimate of drug-likeness (QED) is 0.737. The molecule has 0 saturated carbocycles. The van der Waals surface area contributed by atoms with Crippen LogP contribution in [0.3, 0.4) is 0 Å². The summed E-state index contributed by atoms with van der Waals surface area (Å²) in [5.74, 6) is -1.92. The van der Waals surface area contributed by atoms with Gasteiger partial charge in [-0.3, -0.25) is 4.79 Å². The van der Waals surface area contributed by atoms with Crippen molar-refractivity contribution in [2.45, 2.75) is 30.5 Å². The van der Waals surface area contributed by atoms with Crippen LogP contribution >= 0.6 is 10.7 Å². The maximum atomic E-state index is 12.5. The first-order valence-corrected chi connectivity index (χ1v) is 8.32. The third-order valence-electron chi connectivity index (χ3n) is 3.22. The summed E-state index contributed by atoms with van der Waals surface area (Å²) in [7, 11) is 1.26. The van der Waals surface area contributed by atoms with Crippen LogP contribution in [0.2, 0.25) is 0 Å². The number of benzene rings is 1. The van der Waals surface area contributed by atoms with E-state index < -0.39 is 21.1 Å². The molecule has 0 bridgehead atoms. The van der Waals surface area contributed by atoms with Crippen molar-refractivity contribution >= 4 is 25.6 Å². The molecule has 1 aromatic carbocycles. The molecule has 9 heteroatoms. The molecule has 4 nitrogen and oxygen atoms in total. The first kappa shape index (κ1) is 16.1. The van der Waals surface area contributed by atoms with Crippen LogP contribution in [0.5, 0.6) is 0 Å². The molecule has 0 spiro atoms. The van der Waals surface area contributed by atoms with Crippen molar-refractivity contribution in [2.75, 3.05) is 6.54 Å². The molecule has 0 atom stereocenters. The first-order chi connectivity index (χ1) is 9.59. The van der Waals surface area contributed by atoms with Crippen molar-refractivity contribution in [3.05, 3.63) is 29.3 Å². The molecule has 0 aliphatic carbocycles. The Hall–Kier alpha value is -1.28. The Kier molecular flexibility index (Phi) is 4.21. The largest absolute Gasteiger partial charge is 0.471 e. The SMILES string of the molecule is O=C(N1CCCc2ccc(S(=O)(=O)Cl)cc2C1)C(F)(F)F. The number of hydrogen-bond acceptors (Lipinski definition) is 3. The van der Waals surface area contributed by atoms with Crippen molar-refractivity contribution in [2.24, 2.45) is 0 Å². The normalized spacial score (nSPS) is 16.3. The number of hydrogen-bond donors (Lipinski definition) is 0. The minimum atomic E-state index is -4.94. The van der Waals surface area contributed by atoms with Gasteiger partial charge in [0.2, 0.25) is 0 Å². The summed E-state index contributed by atoms with van der Waals surface area (Å²) in [4.78, 5) is 11.8. The summed E-state index contributed by atoms with van der Waals surface area (Å²) in [6.07, 6.45) is -4.10. The van der Waals surface area contributed by atoms with Crippen LogP contribution in [0.1, 0.15) is 17.5 Å². The lowest BCUT2D eigenvalue weighted by molar-refractivity contribution is -0.186. The van der Waals surface area contributed by atoms with Crippen LogP contribution in [-0.2, 0) is 26.8 Å². The van der Waals surface area contributed by atoms with E-state index in [0.717, 1.165) is 5.56 Å². The van der Waals surface area contributed by atoms with Gasteiger partial charge < -0.3 is 4.90 Å². The fraction of sp³-hybridized carbons (Fsp3) is 0.417. The number of carbonyl (C=O) groups is 1. The molecule has 0 radical (unpaired) electrons. The Bertz CT molecular complexity index is 673. The zero-order valence-corrected chi connectivity index (χ0v) is 12.2. The summed E-state index contributed by atoms with van der Waals surface area (Å²) >= 11 is 0. The molecule has 0 unspecified atom stereocenters. The highest BCUT2D eigenvalue weighted by atomic mass is 35.7. The molecule has 116 valence electrons. The van der Waals surface area contributed by atoms with E-state index in [2.05, 4.69) is 0 Å². The van der Waals surface area contributed by atoms with Crippen LogP contribution in [0.15, 0.2) is 23.1 Å². The molecule has 0 aromatic heterocycles. The van der Waals surface area contributed by atoms with Gasteiger partial charge >= 0.3 is 12.1 Å². The molecule has 1 aromatic rings. The van der Waals surface area contributed by atoms with Crippen molar-refractivity contribution in [3.8, 4) is 0 Å². The van der Waals surface area contributed by atoms with Gasteiger partial charge in [0.25, 0.3) is 9.05 Å². The third kappa shape index (κ3) is 3.68. The lowest BCUT2D eigenvalue weighted by Crippen LogP contribution is -2.40. The Labute approximate surface area is 123 Å². The fourth-order valence-electron chi connectivity index (χ4n) is 2.24. The van der Waals surface area contributed by atoms with E-state index in [0.29, 0.717) is 23.3 Å². The molecule has 2 rings (SSSR count). The van der Waals surface area contributed by atoms with Gasteiger partial charge in [-0.15, -0.1) is 0 Å². The molecule has 1 heterocycles. The molecule has 0 fully saturated rings. The number of halogens is 4. The predicted molar refractivity (Wildman–Crippen MR) is 69.3 cm³/mol. The van der Waals surface area contributed by atoms with E-state index in [-0.39, 0.29) is 18.0 Å². The van der Waals surface area contributed by atoms with E-state index in [9.17, 15) is 26.4 Å². The Morgan fingerprint density at radius 2 is 1.90 bits per heavy atom. The second-order valence-electron chi connectivity index (χ2n) is 4.70. The van der Waals surface area contributed by atoms with Gasteiger partial charge in [0, 0.05) is 23.8 Å². The lowest BCUT2D eigenvalue weighted by Gasteiger charge is -2.22. The number of alkyl halides is 3. The van der Waals surface area contributed by atoms with Gasteiger partial charge in [0.15, 0.2) is 0 Å². The van der Waals surface area contributed by atoms with Gasteiger partial charge in [0.1, 0.15) is 0 Å². The van der Waals surface area contributed by atoms with E-state index >= 15 is 0 Å². The van der Waals surface area contributed by atoms with Gasteiger partial charge in [0.05, 0.1) is 4.90 Å². The second-order valence-corrected chi connectivity index (χ2v) is 7.26. The van der Waals surface area contributed by atoms with Gasteiger partial charge in [-0.2, -0.15) is 13.2 Å². The maximum absolute atomic E-state index is 12.5. The number of amides is 1. The molecule has 1 amide bonds. The van der Waals surface area contributed by atoms with Gasteiger partial charge in [-0.25, -0.2) is 8.42 Å². The molecular formula is C12H11ClF3NO3S. The number of rotatable bonds is 1. The Morgan fingerprint density at radius 1 is 1.24 bits per heavy atom. The number of carbonyl (C=O) groups excluding carboxylic acids is 1. The Balaban J connectivity index is 2.37. The lowest BCUT2D eigenvalue weighted by atomic mass is 10.0. The standard InChI is InChI=1S/C12H11ClF3NO3S/c13-21(19,20)10-4-3-8-2-1-5-17(7-9(8)6-10)11(18)12(14,15)16/h3-4,6H,1-2,5,7H2. The summed E-state index contributed by atoms with van der Waals surface area (Å²) in [5.41, 5.74) is 1.09. The molecule has 0 N–H and O–H groups in total. The highest BCUT2D eigenvalue weighted by molar-refractivity contribution is 8.13. The van der Waals surface area contributed by atoms with E-state index in [4.69, 9.17) is 10.7 Å². The van der Waals surface area contributed by atoms with E-state index in [1.807, 2.05) is 0 Å². The second kappa shape index (κ2) is 5.49. The van der Waals surface area contributed by atoms with E-state index in [1.165, 1.54) is 18.2 Å². The van der Waals surface area contributed by atoms with Crippen LogP contribution in [-0.4, -0.2) is 31.9 Å². The van der Waals surface area contributed by atoms with Crippen LogP contribution in [0, 0.1) is 0 Å². The first-order valence-electron chi connectivity index (χ1n) is 6.01. The molecule has 1 aliphatic rings. The van der Waals surface area contributed by atoms with Crippen molar-refractivity contribution in [1.82, 2.24) is 4.90 Å². The smallest absolute Gasteiger partial charge is 0.331 e. The molecular weight excluding hydrogens is 331 g/mol. The van der Waals surface area contributed by atoms with Crippen LogP contribution < -0.4 is 0 Å². The van der Waals surface area contributed by atoms with Crippen molar-refractivity contribution in [1.29, 1.82) is 0 Å². The van der Waals surface area contributed by atoms with E-state index in [1.54, 1.807) is 0 Å². The minimum absolute atomic E-state index is 0.0318. The zero-order chi connectivity index (χ0) is 15.8. The maximum Gasteiger partial charge on any atom is 0.471 e. The van der Waals surface area contributed by atoms with Gasteiger partial charge in [-0.05, 0) is 36.1 Å². The summed E-state index contributed by atoms with van der Waals surface area (Å²) in [6, 6.07) is 4.05. The van der Waals surface area contributed by atoms with Crippen LogP contribution in [0.25, 0.3) is 0 Å². The van der Waals surface area contributed by atoms with Crippen molar-refractivity contribution in [3.63, 3.8) is 0 Å². The summed E-state index contributed by atoms with van der Waals surface area (Å²) < 4.78 is 60.1. The number of fused-ring (bicyclic) bond motifs is 1. The average molecular weight is 342 g/mol. The minimum Gasteiger partial charge on any atom is -0.331 e. The van der Waals surface area contributed by atoms with Crippen LogP contribution in [0.4, 0.5) is 13.2 Å². The highest BCUT2D eigenvalue weighted by Gasteiger charge is 2.42. The highest BCUT2D eigenvalue weighted by Crippen LogP contribution is 2.27.